The van der Waals surface area contributed by atoms with Crippen molar-refractivity contribution in [3.8, 4) is 28.0 Å². The molecular weight excluding hydrogens is 412 g/mol. The van der Waals surface area contributed by atoms with E-state index >= 15 is 0 Å². The summed E-state index contributed by atoms with van der Waals surface area (Å²) in [4.78, 5) is 0. The van der Waals surface area contributed by atoms with Gasteiger partial charge in [-0.15, -0.1) is 0 Å². The second-order valence-electron chi connectivity index (χ2n) is 9.06. The van der Waals surface area contributed by atoms with E-state index in [-0.39, 0.29) is 0 Å². The molecule has 0 aromatic heterocycles. The van der Waals surface area contributed by atoms with Crippen molar-refractivity contribution in [2.75, 3.05) is 6.61 Å². The molecule has 5 aromatic carbocycles. The van der Waals surface area contributed by atoms with Gasteiger partial charge in [-0.05, 0) is 89.0 Å². The zero-order chi connectivity index (χ0) is 23.3. The van der Waals surface area contributed by atoms with Crippen molar-refractivity contribution >= 4 is 10.8 Å². The van der Waals surface area contributed by atoms with Crippen molar-refractivity contribution in [3.63, 3.8) is 0 Å². The number of aryl methyl sites for hydroxylation is 3. The molecule has 34 heavy (non-hydrogen) atoms. The Balaban J connectivity index is 1.17. The van der Waals surface area contributed by atoms with E-state index in [0.717, 1.165) is 18.6 Å². The largest absolute Gasteiger partial charge is 0.494 e. The Labute approximate surface area is 202 Å². The Morgan fingerprint density at radius 2 is 1.32 bits per heavy atom. The molecule has 0 spiro atoms. The van der Waals surface area contributed by atoms with Gasteiger partial charge in [0, 0.05) is 0 Å². The zero-order valence-corrected chi connectivity index (χ0v) is 19.9. The predicted octanol–water partition coefficient (Wildman–Crippen LogP) is 8.80. The van der Waals surface area contributed by atoms with Crippen molar-refractivity contribution in [1.29, 1.82) is 0 Å². The summed E-state index contributed by atoms with van der Waals surface area (Å²) in [5.74, 6) is 0.931. The summed E-state index contributed by atoms with van der Waals surface area (Å²) in [6.45, 7) is 5.02. The van der Waals surface area contributed by atoms with Gasteiger partial charge in [0.15, 0.2) is 0 Å². The number of hydrogen-bond acceptors (Lipinski definition) is 1. The predicted molar refractivity (Wildman–Crippen MR) is 145 cm³/mol. The summed E-state index contributed by atoms with van der Waals surface area (Å²) in [6, 6.07) is 39.1. The van der Waals surface area contributed by atoms with Crippen molar-refractivity contribution in [3.05, 3.63) is 126 Å². The first kappa shape index (κ1) is 22.0. The molecule has 5 aromatic rings. The Hall–Kier alpha value is -3.84. The summed E-state index contributed by atoms with van der Waals surface area (Å²) < 4.78 is 6.02. The van der Waals surface area contributed by atoms with Crippen LogP contribution in [-0.2, 0) is 6.42 Å². The molecular formula is C33H30O. The van der Waals surface area contributed by atoms with Gasteiger partial charge in [0.2, 0.25) is 0 Å². The van der Waals surface area contributed by atoms with E-state index < -0.39 is 0 Å². The summed E-state index contributed by atoms with van der Waals surface area (Å²) >= 11 is 0. The standard InChI is InChI=1S/C33H30O/c1-24-10-19-33(25(2)21-24)28-15-17-32(18-16-28)34-20-6-7-26-11-12-31-23-30(14-13-29(31)22-26)27-8-4-3-5-9-27/h3-5,8-19,21-23H,6-7,20H2,1-2H3. The maximum atomic E-state index is 6.02. The molecule has 0 atom stereocenters. The highest BCUT2D eigenvalue weighted by molar-refractivity contribution is 5.87. The second kappa shape index (κ2) is 9.97. The van der Waals surface area contributed by atoms with Crippen molar-refractivity contribution in [1.82, 2.24) is 0 Å². The van der Waals surface area contributed by atoms with E-state index in [4.69, 9.17) is 4.74 Å². The maximum absolute atomic E-state index is 6.02. The van der Waals surface area contributed by atoms with Gasteiger partial charge in [-0.2, -0.15) is 0 Å². The fraction of sp³-hybridized carbons (Fsp3) is 0.152. The molecule has 1 nitrogen and oxygen atoms in total. The summed E-state index contributed by atoms with van der Waals surface area (Å²) in [5.41, 5.74) is 8.99. The maximum Gasteiger partial charge on any atom is 0.119 e. The van der Waals surface area contributed by atoms with Gasteiger partial charge < -0.3 is 4.74 Å². The van der Waals surface area contributed by atoms with Crippen LogP contribution in [0.5, 0.6) is 5.75 Å². The Kier molecular flexibility index (Phi) is 6.44. The van der Waals surface area contributed by atoms with Crippen LogP contribution in [0.2, 0.25) is 0 Å². The van der Waals surface area contributed by atoms with Crippen LogP contribution in [0.15, 0.2) is 109 Å². The van der Waals surface area contributed by atoms with Gasteiger partial charge in [-0.3, -0.25) is 0 Å². The smallest absolute Gasteiger partial charge is 0.119 e. The van der Waals surface area contributed by atoms with Gasteiger partial charge in [0.05, 0.1) is 6.61 Å². The lowest BCUT2D eigenvalue weighted by molar-refractivity contribution is 0.311. The highest BCUT2D eigenvalue weighted by Gasteiger charge is 2.04. The first-order chi connectivity index (χ1) is 16.7. The molecule has 168 valence electrons. The van der Waals surface area contributed by atoms with Gasteiger partial charge in [0.25, 0.3) is 0 Å². The molecule has 0 fully saturated rings. The van der Waals surface area contributed by atoms with E-state index in [2.05, 4.69) is 123 Å². The van der Waals surface area contributed by atoms with Crippen molar-refractivity contribution in [2.24, 2.45) is 0 Å². The molecule has 0 bridgehead atoms. The lowest BCUT2D eigenvalue weighted by Gasteiger charge is -2.10. The minimum absolute atomic E-state index is 0.716. The third kappa shape index (κ3) is 5.05. The molecule has 0 saturated heterocycles. The number of rotatable bonds is 7. The van der Waals surface area contributed by atoms with Crippen LogP contribution in [0.25, 0.3) is 33.0 Å². The molecule has 0 heterocycles. The van der Waals surface area contributed by atoms with E-state index in [1.165, 1.54) is 49.7 Å². The fourth-order valence-corrected chi connectivity index (χ4v) is 4.60. The highest BCUT2D eigenvalue weighted by Crippen LogP contribution is 2.27. The molecule has 0 aliphatic heterocycles. The molecule has 0 unspecified atom stereocenters. The second-order valence-corrected chi connectivity index (χ2v) is 9.06. The minimum atomic E-state index is 0.716. The lowest BCUT2D eigenvalue weighted by Crippen LogP contribution is -1.99. The molecule has 5 rings (SSSR count). The lowest BCUT2D eigenvalue weighted by atomic mass is 9.99. The van der Waals surface area contributed by atoms with Crippen LogP contribution in [0, 0.1) is 13.8 Å². The van der Waals surface area contributed by atoms with Crippen molar-refractivity contribution in [2.45, 2.75) is 26.7 Å². The summed E-state index contributed by atoms with van der Waals surface area (Å²) in [6.07, 6.45) is 2.00. The van der Waals surface area contributed by atoms with Crippen LogP contribution in [0.1, 0.15) is 23.1 Å². The normalized spacial score (nSPS) is 11.0. The number of ether oxygens (including phenoxy) is 1. The summed E-state index contributed by atoms with van der Waals surface area (Å²) in [7, 11) is 0. The molecule has 0 saturated carbocycles. The molecule has 1 heteroatoms. The molecule has 0 aliphatic carbocycles. The van der Waals surface area contributed by atoms with E-state index in [0.29, 0.717) is 6.61 Å². The van der Waals surface area contributed by atoms with Crippen LogP contribution in [-0.4, -0.2) is 6.61 Å². The van der Waals surface area contributed by atoms with Crippen molar-refractivity contribution < 1.29 is 4.74 Å². The SMILES string of the molecule is Cc1ccc(-c2ccc(OCCCc3ccc4cc(-c5ccccc5)ccc4c3)cc2)c(C)c1. The van der Waals surface area contributed by atoms with E-state index in [1.807, 2.05) is 0 Å². The molecule has 0 aliphatic rings. The Morgan fingerprint density at radius 3 is 2.12 bits per heavy atom. The van der Waals surface area contributed by atoms with E-state index in [1.54, 1.807) is 0 Å². The average molecular weight is 443 g/mol. The molecule has 0 radical (unpaired) electrons. The van der Waals surface area contributed by atoms with Crippen LogP contribution in [0.3, 0.4) is 0 Å². The van der Waals surface area contributed by atoms with Gasteiger partial charge in [-0.1, -0.05) is 96.6 Å². The number of benzene rings is 5. The molecule has 0 N–H and O–H groups in total. The first-order valence-corrected chi connectivity index (χ1v) is 12.0. The number of hydrogen-bond donors (Lipinski definition) is 0. The van der Waals surface area contributed by atoms with Crippen LogP contribution >= 0.6 is 0 Å². The Morgan fingerprint density at radius 1 is 0.588 bits per heavy atom. The van der Waals surface area contributed by atoms with Gasteiger partial charge >= 0.3 is 0 Å². The van der Waals surface area contributed by atoms with Gasteiger partial charge in [0.1, 0.15) is 5.75 Å². The average Bonchev–Trinajstić information content (AvgIpc) is 2.87. The topological polar surface area (TPSA) is 9.23 Å². The summed E-state index contributed by atoms with van der Waals surface area (Å²) in [5, 5.41) is 2.57. The van der Waals surface area contributed by atoms with Crippen LogP contribution < -0.4 is 4.74 Å². The Bertz CT molecular complexity index is 1400. The monoisotopic (exact) mass is 442 g/mol. The fourth-order valence-electron chi connectivity index (χ4n) is 4.60. The zero-order valence-electron chi connectivity index (χ0n) is 19.9. The quantitative estimate of drug-likeness (QED) is 0.229. The van der Waals surface area contributed by atoms with E-state index in [9.17, 15) is 0 Å². The molecule has 0 amide bonds. The third-order valence-electron chi connectivity index (χ3n) is 6.44. The first-order valence-electron chi connectivity index (χ1n) is 12.0. The van der Waals surface area contributed by atoms with Crippen LogP contribution in [0.4, 0.5) is 0 Å². The highest BCUT2D eigenvalue weighted by atomic mass is 16.5. The van der Waals surface area contributed by atoms with Gasteiger partial charge in [-0.25, -0.2) is 0 Å². The third-order valence-corrected chi connectivity index (χ3v) is 6.44. The number of fused-ring (bicyclic) bond motifs is 1. The minimum Gasteiger partial charge on any atom is -0.494 e.